The molecular weight excluding hydrogens is 268 g/mol. The third kappa shape index (κ3) is 2.33. The van der Waals surface area contributed by atoms with Crippen molar-refractivity contribution in [2.75, 3.05) is 11.4 Å². The van der Waals surface area contributed by atoms with Gasteiger partial charge in [-0.05, 0) is 24.3 Å². The maximum Gasteiger partial charge on any atom is 0.258 e. The number of aromatic hydroxyl groups is 1. The van der Waals surface area contributed by atoms with Crippen LogP contribution in [0.15, 0.2) is 53.7 Å². The maximum absolute atomic E-state index is 12.6. The molecule has 1 aliphatic rings. The topological polar surface area (TPSA) is 73.1 Å². The van der Waals surface area contributed by atoms with Gasteiger partial charge in [0.2, 0.25) is 0 Å². The zero-order chi connectivity index (χ0) is 14.8. The molecular formula is C16H14N2O3. The normalized spacial score (nSPS) is 15.8. The predicted octanol–water partition coefficient (Wildman–Crippen LogP) is 2.62. The number of anilines is 1. The quantitative estimate of drug-likeness (QED) is 0.623. The van der Waals surface area contributed by atoms with Crippen LogP contribution in [0.3, 0.4) is 0 Å². The maximum atomic E-state index is 12.6. The van der Waals surface area contributed by atoms with Crippen LogP contribution in [0.1, 0.15) is 22.3 Å². The molecule has 2 aromatic carbocycles. The third-order valence-electron chi connectivity index (χ3n) is 3.54. The average molecular weight is 282 g/mol. The summed E-state index contributed by atoms with van der Waals surface area (Å²) in [5, 5.41) is 21.9. The van der Waals surface area contributed by atoms with E-state index in [1.54, 1.807) is 17.0 Å². The second-order valence-electron chi connectivity index (χ2n) is 4.82. The Labute approximate surface area is 121 Å². The van der Waals surface area contributed by atoms with Crippen molar-refractivity contribution in [3.05, 3.63) is 59.7 Å². The summed E-state index contributed by atoms with van der Waals surface area (Å²) in [6.07, 6.45) is 0.484. The van der Waals surface area contributed by atoms with Crippen molar-refractivity contribution in [1.29, 1.82) is 0 Å². The molecule has 2 N–H and O–H groups in total. The Kier molecular flexibility index (Phi) is 3.31. The summed E-state index contributed by atoms with van der Waals surface area (Å²) in [5.74, 6) is -0.126. The zero-order valence-corrected chi connectivity index (χ0v) is 11.2. The molecule has 2 aromatic rings. The van der Waals surface area contributed by atoms with E-state index in [0.717, 1.165) is 5.56 Å². The Morgan fingerprint density at radius 1 is 1.14 bits per heavy atom. The van der Waals surface area contributed by atoms with Crippen LogP contribution in [0.2, 0.25) is 0 Å². The van der Waals surface area contributed by atoms with Crippen molar-refractivity contribution < 1.29 is 15.1 Å². The van der Waals surface area contributed by atoms with Crippen LogP contribution in [-0.4, -0.2) is 28.5 Å². The molecule has 21 heavy (non-hydrogen) atoms. The number of carbonyl (C=O) groups excluding carboxylic acids is 1. The van der Waals surface area contributed by atoms with Crippen LogP contribution in [-0.2, 0) is 0 Å². The highest BCUT2D eigenvalue weighted by atomic mass is 16.4. The first-order valence-electron chi connectivity index (χ1n) is 6.62. The summed E-state index contributed by atoms with van der Waals surface area (Å²) in [6.45, 7) is 0.435. The van der Waals surface area contributed by atoms with Crippen LogP contribution in [0.5, 0.6) is 5.75 Å². The minimum atomic E-state index is -0.185. The molecule has 0 aromatic heterocycles. The summed E-state index contributed by atoms with van der Waals surface area (Å²) in [6, 6.07) is 13.6. The number of carbonyl (C=O) groups is 1. The largest absolute Gasteiger partial charge is 0.508 e. The van der Waals surface area contributed by atoms with E-state index in [1.807, 2.05) is 24.3 Å². The molecule has 1 amide bonds. The third-order valence-corrected chi connectivity index (χ3v) is 3.54. The summed E-state index contributed by atoms with van der Waals surface area (Å²) in [4.78, 5) is 14.3. The smallest absolute Gasteiger partial charge is 0.258 e. The molecule has 1 heterocycles. The number of phenols is 1. The zero-order valence-electron chi connectivity index (χ0n) is 11.2. The van der Waals surface area contributed by atoms with E-state index in [0.29, 0.717) is 29.9 Å². The van der Waals surface area contributed by atoms with Crippen LogP contribution >= 0.6 is 0 Å². The summed E-state index contributed by atoms with van der Waals surface area (Å²) >= 11 is 0. The van der Waals surface area contributed by atoms with Gasteiger partial charge in [-0.2, -0.15) is 0 Å². The number of para-hydroxylation sites is 1. The number of phenolic OH excluding ortho intramolecular Hbond substituents is 1. The first-order valence-corrected chi connectivity index (χ1v) is 6.62. The molecule has 0 radical (unpaired) electrons. The molecule has 5 heteroatoms. The lowest BCUT2D eigenvalue weighted by atomic mass is 9.99. The van der Waals surface area contributed by atoms with Crippen molar-refractivity contribution in [2.45, 2.75) is 6.42 Å². The molecule has 0 saturated carbocycles. The van der Waals surface area contributed by atoms with Crippen LogP contribution in [0, 0.1) is 0 Å². The fraction of sp³-hybridized carbons (Fsp3) is 0.125. The molecule has 0 bridgehead atoms. The number of benzene rings is 2. The standard InChI is InChI=1S/C16H14N2O3/c19-12-5-3-4-11(10-12)16(20)18-9-8-14(17-21)13-6-1-2-7-15(13)18/h1-7,10,19,21H,8-9H2. The molecule has 0 fully saturated rings. The van der Waals surface area contributed by atoms with E-state index < -0.39 is 0 Å². The number of nitrogens with zero attached hydrogens (tertiary/aromatic N) is 2. The molecule has 3 rings (SSSR count). The van der Waals surface area contributed by atoms with E-state index in [4.69, 9.17) is 5.21 Å². The van der Waals surface area contributed by atoms with E-state index in [-0.39, 0.29) is 11.7 Å². The summed E-state index contributed by atoms with van der Waals surface area (Å²) in [5.41, 5.74) is 2.46. The van der Waals surface area contributed by atoms with Crippen LogP contribution in [0.4, 0.5) is 5.69 Å². The predicted molar refractivity (Wildman–Crippen MR) is 79.2 cm³/mol. The lowest BCUT2D eigenvalue weighted by Crippen LogP contribution is -2.37. The number of rotatable bonds is 1. The van der Waals surface area contributed by atoms with Crippen molar-refractivity contribution in [1.82, 2.24) is 0 Å². The van der Waals surface area contributed by atoms with Crippen molar-refractivity contribution >= 4 is 17.3 Å². The number of amides is 1. The van der Waals surface area contributed by atoms with Gasteiger partial charge >= 0.3 is 0 Å². The minimum absolute atomic E-state index is 0.0590. The lowest BCUT2D eigenvalue weighted by molar-refractivity contribution is 0.0986. The Hall–Kier alpha value is -2.82. The first kappa shape index (κ1) is 13.2. The lowest BCUT2D eigenvalue weighted by Gasteiger charge is -2.29. The number of hydrogen-bond donors (Lipinski definition) is 2. The molecule has 0 atom stereocenters. The van der Waals surface area contributed by atoms with Gasteiger partial charge in [-0.1, -0.05) is 29.4 Å². The van der Waals surface area contributed by atoms with Crippen molar-refractivity contribution in [3.8, 4) is 5.75 Å². The first-order chi connectivity index (χ1) is 10.2. The second-order valence-corrected chi connectivity index (χ2v) is 4.82. The summed E-state index contributed by atoms with van der Waals surface area (Å²) in [7, 11) is 0. The van der Waals surface area contributed by atoms with Gasteiger partial charge < -0.3 is 15.2 Å². The van der Waals surface area contributed by atoms with Gasteiger partial charge in [0.1, 0.15) is 5.75 Å². The highest BCUT2D eigenvalue weighted by molar-refractivity contribution is 6.14. The van der Waals surface area contributed by atoms with Crippen molar-refractivity contribution in [3.63, 3.8) is 0 Å². The number of hydrogen-bond acceptors (Lipinski definition) is 4. The van der Waals surface area contributed by atoms with Crippen LogP contribution in [0.25, 0.3) is 0 Å². The molecule has 0 unspecified atom stereocenters. The SMILES string of the molecule is O=C(c1cccc(O)c1)N1CCC(=NO)c2ccccc21. The van der Waals surface area contributed by atoms with Crippen LogP contribution < -0.4 is 4.90 Å². The molecule has 5 nitrogen and oxygen atoms in total. The van der Waals surface area contributed by atoms with E-state index in [9.17, 15) is 9.90 Å². The summed E-state index contributed by atoms with van der Waals surface area (Å²) < 4.78 is 0. The molecule has 106 valence electrons. The number of oxime groups is 1. The van der Waals surface area contributed by atoms with E-state index >= 15 is 0 Å². The Bertz CT molecular complexity index is 725. The Morgan fingerprint density at radius 2 is 1.95 bits per heavy atom. The fourth-order valence-corrected chi connectivity index (χ4v) is 2.54. The Morgan fingerprint density at radius 3 is 2.71 bits per heavy atom. The highest BCUT2D eigenvalue weighted by Gasteiger charge is 2.26. The van der Waals surface area contributed by atoms with Crippen molar-refractivity contribution in [2.24, 2.45) is 5.16 Å². The Balaban J connectivity index is 2.02. The van der Waals surface area contributed by atoms with Gasteiger partial charge in [0.25, 0.3) is 5.91 Å². The average Bonchev–Trinajstić information content (AvgIpc) is 2.53. The fourth-order valence-electron chi connectivity index (χ4n) is 2.54. The molecule has 0 aliphatic carbocycles. The van der Waals surface area contributed by atoms with Gasteiger partial charge in [-0.25, -0.2) is 0 Å². The van der Waals surface area contributed by atoms with Gasteiger partial charge in [-0.15, -0.1) is 0 Å². The molecule has 0 spiro atoms. The van der Waals surface area contributed by atoms with Gasteiger partial charge in [0.05, 0.1) is 11.4 Å². The number of fused-ring (bicyclic) bond motifs is 1. The van der Waals surface area contributed by atoms with Gasteiger partial charge in [-0.3, -0.25) is 4.79 Å². The monoisotopic (exact) mass is 282 g/mol. The molecule has 0 saturated heterocycles. The van der Waals surface area contributed by atoms with E-state index in [1.165, 1.54) is 12.1 Å². The second kappa shape index (κ2) is 5.28. The van der Waals surface area contributed by atoms with E-state index in [2.05, 4.69) is 5.16 Å². The van der Waals surface area contributed by atoms with Gasteiger partial charge in [0.15, 0.2) is 0 Å². The highest BCUT2D eigenvalue weighted by Crippen LogP contribution is 2.29. The van der Waals surface area contributed by atoms with Gasteiger partial charge in [0, 0.05) is 24.1 Å². The minimum Gasteiger partial charge on any atom is -0.508 e. The molecule has 1 aliphatic heterocycles.